The van der Waals surface area contributed by atoms with Crippen molar-refractivity contribution in [2.75, 3.05) is 31.1 Å². The van der Waals surface area contributed by atoms with Crippen molar-refractivity contribution < 1.29 is 4.92 Å². The van der Waals surface area contributed by atoms with E-state index in [1.54, 1.807) is 23.5 Å². The molecule has 0 amide bonds. The number of halogens is 1. The number of rotatable bonds is 4. The Kier molecular flexibility index (Phi) is 6.93. The lowest BCUT2D eigenvalue weighted by Crippen LogP contribution is -2.51. The number of benzene rings is 1. The van der Waals surface area contributed by atoms with Gasteiger partial charge in [-0.2, -0.15) is 0 Å². The molecule has 1 aliphatic heterocycles. The number of guanidine groups is 1. The highest BCUT2D eigenvalue weighted by molar-refractivity contribution is 14.0. The van der Waals surface area contributed by atoms with Gasteiger partial charge in [0, 0.05) is 49.9 Å². The lowest BCUT2D eigenvalue weighted by Gasteiger charge is -2.35. The minimum Gasteiger partial charge on any atom is -0.370 e. The first-order valence-electron chi connectivity index (χ1n) is 7.56. The summed E-state index contributed by atoms with van der Waals surface area (Å²) in [5, 5.41) is 13.7. The molecule has 0 unspecified atom stereocenters. The first kappa shape index (κ1) is 19.4. The summed E-state index contributed by atoms with van der Waals surface area (Å²) in [5.74, 6) is 0.507. The molecule has 2 N–H and O–H groups in total. The second kappa shape index (κ2) is 8.94. The van der Waals surface area contributed by atoms with Crippen LogP contribution >= 0.6 is 35.3 Å². The van der Waals surface area contributed by atoms with Gasteiger partial charge in [-0.3, -0.25) is 10.1 Å². The minimum absolute atomic E-state index is 0. The highest BCUT2D eigenvalue weighted by atomic mass is 127. The van der Waals surface area contributed by atoms with Crippen LogP contribution in [0.1, 0.15) is 5.56 Å². The maximum atomic E-state index is 10.6. The molecule has 0 saturated carbocycles. The molecule has 2 heterocycles. The van der Waals surface area contributed by atoms with Gasteiger partial charge in [-0.15, -0.1) is 35.3 Å². The van der Waals surface area contributed by atoms with Gasteiger partial charge in [0.05, 0.1) is 11.5 Å². The molecule has 1 aromatic carbocycles. The summed E-state index contributed by atoms with van der Waals surface area (Å²) in [4.78, 5) is 23.2. The third-order valence-electron chi connectivity index (χ3n) is 3.86. The van der Waals surface area contributed by atoms with Crippen molar-refractivity contribution in [2.24, 2.45) is 10.7 Å². The van der Waals surface area contributed by atoms with E-state index >= 15 is 0 Å². The van der Waals surface area contributed by atoms with Crippen LogP contribution in [0.15, 0.2) is 40.8 Å². The lowest BCUT2D eigenvalue weighted by atomic mass is 10.2. The fourth-order valence-electron chi connectivity index (χ4n) is 2.49. The van der Waals surface area contributed by atoms with Gasteiger partial charge in [-0.05, 0) is 5.56 Å². The van der Waals surface area contributed by atoms with Gasteiger partial charge in [0.1, 0.15) is 0 Å². The van der Waals surface area contributed by atoms with E-state index in [1.165, 1.54) is 12.1 Å². The van der Waals surface area contributed by atoms with Crippen LogP contribution in [-0.2, 0) is 6.54 Å². The average Bonchev–Trinajstić information content (AvgIpc) is 3.15. The molecule has 3 rings (SSSR count). The van der Waals surface area contributed by atoms with E-state index in [0.29, 0.717) is 12.5 Å². The maximum absolute atomic E-state index is 10.6. The number of aliphatic imine (C=N–C) groups is 1. The van der Waals surface area contributed by atoms with Crippen LogP contribution in [0.4, 0.5) is 10.8 Å². The molecule has 0 atom stereocenters. The second-order valence-corrected chi connectivity index (χ2v) is 6.26. The number of non-ortho nitro benzene ring substituents is 1. The predicted octanol–water partition coefficient (Wildman–Crippen LogP) is 2.31. The molecule has 0 aliphatic carbocycles. The number of nitro groups is 1. The number of piperazine rings is 1. The van der Waals surface area contributed by atoms with E-state index in [2.05, 4.69) is 19.8 Å². The van der Waals surface area contributed by atoms with Crippen LogP contribution in [0, 0.1) is 10.1 Å². The topological polar surface area (TPSA) is 101 Å². The SMILES string of the molecule is I.NC(=NCc1ccc([N+](=O)[O-])cc1)N1CCN(c2nccs2)CC1. The molecule has 1 fully saturated rings. The molecular weight excluding hydrogens is 455 g/mol. The van der Waals surface area contributed by atoms with E-state index in [4.69, 9.17) is 5.73 Å². The summed E-state index contributed by atoms with van der Waals surface area (Å²) in [6, 6.07) is 6.37. The zero-order valence-corrected chi connectivity index (χ0v) is 16.6. The zero-order valence-electron chi connectivity index (χ0n) is 13.4. The predicted molar refractivity (Wildman–Crippen MR) is 110 cm³/mol. The Morgan fingerprint density at radius 1 is 1.28 bits per heavy atom. The molecule has 0 spiro atoms. The number of hydrogen-bond donors (Lipinski definition) is 1. The normalized spacial score (nSPS) is 15.0. The van der Waals surface area contributed by atoms with Gasteiger partial charge in [0.2, 0.25) is 0 Å². The quantitative estimate of drug-likeness (QED) is 0.240. The number of anilines is 1. The molecule has 25 heavy (non-hydrogen) atoms. The van der Waals surface area contributed by atoms with Crippen LogP contribution in [0.5, 0.6) is 0 Å². The van der Waals surface area contributed by atoms with Crippen molar-refractivity contribution in [3.8, 4) is 0 Å². The Labute approximate surface area is 166 Å². The molecular formula is C15H19IN6O2S. The van der Waals surface area contributed by atoms with E-state index in [-0.39, 0.29) is 29.7 Å². The largest absolute Gasteiger partial charge is 0.370 e. The van der Waals surface area contributed by atoms with Crippen LogP contribution in [0.3, 0.4) is 0 Å². The number of thiazole rings is 1. The van der Waals surface area contributed by atoms with Gasteiger partial charge in [-0.25, -0.2) is 9.98 Å². The Morgan fingerprint density at radius 2 is 1.96 bits per heavy atom. The third kappa shape index (κ3) is 5.01. The Hall–Kier alpha value is -1.95. The van der Waals surface area contributed by atoms with Gasteiger partial charge >= 0.3 is 0 Å². The third-order valence-corrected chi connectivity index (χ3v) is 4.70. The monoisotopic (exact) mass is 474 g/mol. The van der Waals surface area contributed by atoms with E-state index in [1.807, 2.05) is 11.6 Å². The number of hydrogen-bond acceptors (Lipinski definition) is 6. The van der Waals surface area contributed by atoms with Crippen molar-refractivity contribution in [1.29, 1.82) is 0 Å². The summed E-state index contributed by atoms with van der Waals surface area (Å²) >= 11 is 1.64. The highest BCUT2D eigenvalue weighted by Gasteiger charge is 2.19. The molecule has 1 aromatic heterocycles. The Morgan fingerprint density at radius 3 is 2.52 bits per heavy atom. The van der Waals surface area contributed by atoms with Gasteiger partial charge in [0.15, 0.2) is 11.1 Å². The van der Waals surface area contributed by atoms with Crippen LogP contribution < -0.4 is 10.6 Å². The molecule has 10 heteroatoms. The van der Waals surface area contributed by atoms with Crippen LogP contribution in [-0.4, -0.2) is 46.9 Å². The molecule has 134 valence electrons. The summed E-state index contributed by atoms with van der Waals surface area (Å²) in [7, 11) is 0. The van der Waals surface area contributed by atoms with Crippen LogP contribution in [0.25, 0.3) is 0 Å². The maximum Gasteiger partial charge on any atom is 0.269 e. The molecule has 0 radical (unpaired) electrons. The van der Waals surface area contributed by atoms with Gasteiger partial charge in [0.25, 0.3) is 5.69 Å². The first-order valence-corrected chi connectivity index (χ1v) is 8.44. The number of nitro benzene ring substituents is 1. The van der Waals surface area contributed by atoms with Crippen molar-refractivity contribution in [3.05, 3.63) is 51.5 Å². The van der Waals surface area contributed by atoms with Crippen molar-refractivity contribution in [1.82, 2.24) is 9.88 Å². The average molecular weight is 474 g/mol. The van der Waals surface area contributed by atoms with Crippen molar-refractivity contribution in [2.45, 2.75) is 6.54 Å². The summed E-state index contributed by atoms with van der Waals surface area (Å²) in [6.07, 6.45) is 1.81. The highest BCUT2D eigenvalue weighted by Crippen LogP contribution is 2.19. The van der Waals surface area contributed by atoms with Crippen molar-refractivity contribution in [3.63, 3.8) is 0 Å². The van der Waals surface area contributed by atoms with E-state index in [9.17, 15) is 10.1 Å². The van der Waals surface area contributed by atoms with Crippen molar-refractivity contribution >= 4 is 52.1 Å². The fourth-order valence-corrected chi connectivity index (χ4v) is 3.19. The van der Waals surface area contributed by atoms with E-state index < -0.39 is 4.92 Å². The fraction of sp³-hybridized carbons (Fsp3) is 0.333. The number of nitrogens with zero attached hydrogens (tertiary/aromatic N) is 5. The Balaban J connectivity index is 0.00000225. The van der Waals surface area contributed by atoms with Gasteiger partial charge in [-0.1, -0.05) is 12.1 Å². The van der Waals surface area contributed by atoms with Crippen LogP contribution in [0.2, 0.25) is 0 Å². The second-order valence-electron chi connectivity index (χ2n) is 5.39. The van der Waals surface area contributed by atoms with Gasteiger partial charge < -0.3 is 15.5 Å². The lowest BCUT2D eigenvalue weighted by molar-refractivity contribution is -0.384. The zero-order chi connectivity index (χ0) is 16.9. The molecule has 2 aromatic rings. The minimum atomic E-state index is -0.413. The number of aromatic nitrogens is 1. The summed E-state index contributed by atoms with van der Waals surface area (Å²) < 4.78 is 0. The molecule has 0 bridgehead atoms. The standard InChI is InChI=1S/C15H18N6O2S.HI/c16-14(18-11-12-1-3-13(4-2-12)21(22)23)19-6-8-20(9-7-19)15-17-5-10-24-15;/h1-5,10H,6-9,11H2,(H2,16,18);1H. The molecule has 1 saturated heterocycles. The molecule has 8 nitrogen and oxygen atoms in total. The first-order chi connectivity index (χ1) is 11.6. The number of nitrogens with two attached hydrogens (primary N) is 1. The van der Waals surface area contributed by atoms with E-state index in [0.717, 1.165) is 36.9 Å². The smallest absolute Gasteiger partial charge is 0.269 e. The summed E-state index contributed by atoms with van der Waals surface area (Å²) in [5.41, 5.74) is 7.05. The molecule has 1 aliphatic rings. The summed E-state index contributed by atoms with van der Waals surface area (Å²) in [6.45, 7) is 3.74. The Bertz CT molecular complexity index is 714.